The summed E-state index contributed by atoms with van der Waals surface area (Å²) in [7, 11) is 0. The number of hydrogen-bond donors (Lipinski definition) is 0. The minimum Gasteiger partial charge on any atom is -0.275 e. The first-order valence-electron chi connectivity index (χ1n) is 12.6. The molecule has 1 unspecified atom stereocenters. The Morgan fingerprint density at radius 2 is 1.21 bits per heavy atom. The van der Waals surface area contributed by atoms with E-state index < -0.39 is 0 Å². The van der Waals surface area contributed by atoms with E-state index in [1.165, 1.54) is 82.6 Å². The van der Waals surface area contributed by atoms with Crippen LogP contribution in [0, 0.1) is 0 Å². The van der Waals surface area contributed by atoms with Gasteiger partial charge in [-0.15, -0.1) is 0 Å². The molecule has 1 saturated heterocycles. The maximum atomic E-state index is 12.2. The van der Waals surface area contributed by atoms with Gasteiger partial charge in [0, 0.05) is 12.8 Å². The van der Waals surface area contributed by atoms with Crippen molar-refractivity contribution in [3.8, 4) is 0 Å². The Bertz CT molecular complexity index is 467. The van der Waals surface area contributed by atoms with E-state index in [9.17, 15) is 9.59 Å². The zero-order chi connectivity index (χ0) is 21.3. The standard InChI is InChI=1S/C26H47NO2/c1-4-6-8-9-10-11-12-13-14-15-16-17-18-20-24(23(3)19-7-5-2)27-25(28)21-22-26(27)29/h19,24H,4-18,20-22H2,1-3H3. The molecule has 1 fully saturated rings. The number of imide groups is 1. The third kappa shape index (κ3) is 11.0. The molecule has 0 aromatic heterocycles. The number of carbonyl (C=O) groups is 2. The lowest BCUT2D eigenvalue weighted by molar-refractivity contribution is -0.140. The van der Waals surface area contributed by atoms with Crippen molar-refractivity contribution in [1.29, 1.82) is 0 Å². The average molecular weight is 406 g/mol. The topological polar surface area (TPSA) is 37.4 Å². The lowest BCUT2D eigenvalue weighted by Gasteiger charge is -2.27. The molecule has 0 aliphatic carbocycles. The van der Waals surface area contributed by atoms with Gasteiger partial charge in [-0.2, -0.15) is 0 Å². The first-order valence-corrected chi connectivity index (χ1v) is 12.6. The van der Waals surface area contributed by atoms with Crippen molar-refractivity contribution >= 4 is 11.8 Å². The molecule has 1 rings (SSSR count). The molecule has 0 spiro atoms. The van der Waals surface area contributed by atoms with Crippen molar-refractivity contribution < 1.29 is 9.59 Å². The molecule has 3 nitrogen and oxygen atoms in total. The highest BCUT2D eigenvalue weighted by atomic mass is 16.2. The van der Waals surface area contributed by atoms with Gasteiger partial charge < -0.3 is 0 Å². The smallest absolute Gasteiger partial charge is 0.230 e. The Kier molecular flexibility index (Phi) is 14.9. The van der Waals surface area contributed by atoms with Gasteiger partial charge in [0.15, 0.2) is 0 Å². The molecule has 0 bridgehead atoms. The van der Waals surface area contributed by atoms with E-state index in [-0.39, 0.29) is 17.9 Å². The Morgan fingerprint density at radius 3 is 1.66 bits per heavy atom. The summed E-state index contributed by atoms with van der Waals surface area (Å²) in [4.78, 5) is 26.0. The summed E-state index contributed by atoms with van der Waals surface area (Å²) in [5, 5.41) is 0. The van der Waals surface area contributed by atoms with E-state index in [2.05, 4.69) is 26.8 Å². The van der Waals surface area contributed by atoms with Crippen molar-refractivity contribution in [3.05, 3.63) is 11.6 Å². The van der Waals surface area contributed by atoms with E-state index in [0.717, 1.165) is 25.7 Å². The number of hydrogen-bond acceptors (Lipinski definition) is 2. The number of allylic oxidation sites excluding steroid dienone is 1. The number of carbonyl (C=O) groups excluding carboxylic acids is 2. The molecule has 168 valence electrons. The molecule has 0 radical (unpaired) electrons. The maximum Gasteiger partial charge on any atom is 0.230 e. The van der Waals surface area contributed by atoms with Gasteiger partial charge in [0.2, 0.25) is 11.8 Å². The highest BCUT2D eigenvalue weighted by molar-refractivity contribution is 6.02. The molecular formula is C26H47NO2. The molecule has 0 aromatic rings. The molecule has 1 heterocycles. The van der Waals surface area contributed by atoms with Crippen molar-refractivity contribution in [1.82, 2.24) is 4.90 Å². The van der Waals surface area contributed by atoms with Crippen LogP contribution in [0.3, 0.4) is 0 Å². The predicted octanol–water partition coefficient (Wildman–Crippen LogP) is 7.73. The minimum atomic E-state index is -0.00300. The second-order valence-corrected chi connectivity index (χ2v) is 8.94. The summed E-state index contributed by atoms with van der Waals surface area (Å²) in [5.41, 5.74) is 1.20. The number of nitrogens with zero attached hydrogens (tertiary/aromatic N) is 1. The van der Waals surface area contributed by atoms with Gasteiger partial charge >= 0.3 is 0 Å². The minimum absolute atomic E-state index is 0.00300. The summed E-state index contributed by atoms with van der Waals surface area (Å²) >= 11 is 0. The van der Waals surface area contributed by atoms with Gasteiger partial charge in [-0.3, -0.25) is 14.5 Å². The third-order valence-electron chi connectivity index (χ3n) is 6.26. The van der Waals surface area contributed by atoms with E-state index in [1.807, 2.05) is 0 Å². The molecule has 0 aromatic carbocycles. The lowest BCUT2D eigenvalue weighted by atomic mass is 9.97. The molecule has 3 heteroatoms. The molecule has 0 saturated carbocycles. The van der Waals surface area contributed by atoms with E-state index in [0.29, 0.717) is 12.8 Å². The van der Waals surface area contributed by atoms with Gasteiger partial charge in [0.25, 0.3) is 0 Å². The van der Waals surface area contributed by atoms with Gasteiger partial charge in [-0.05, 0) is 19.8 Å². The molecule has 0 N–H and O–H groups in total. The monoisotopic (exact) mass is 405 g/mol. The highest BCUT2D eigenvalue weighted by Crippen LogP contribution is 2.25. The van der Waals surface area contributed by atoms with E-state index >= 15 is 0 Å². The summed E-state index contributed by atoms with van der Waals surface area (Å²) in [6.45, 7) is 6.54. The Morgan fingerprint density at radius 1 is 0.759 bits per heavy atom. The van der Waals surface area contributed by atoms with Crippen LogP contribution in [0.1, 0.15) is 136 Å². The van der Waals surface area contributed by atoms with Crippen LogP contribution < -0.4 is 0 Å². The molecule has 1 aliphatic rings. The third-order valence-corrected chi connectivity index (χ3v) is 6.26. The Balaban J connectivity index is 2.18. The molecule has 1 aliphatic heterocycles. The Hall–Kier alpha value is -1.12. The fraction of sp³-hybridized carbons (Fsp3) is 0.846. The van der Waals surface area contributed by atoms with E-state index in [1.54, 1.807) is 4.90 Å². The summed E-state index contributed by atoms with van der Waals surface area (Å²) < 4.78 is 0. The molecular weight excluding hydrogens is 358 g/mol. The number of likely N-dealkylation sites (tertiary alicyclic amines) is 1. The maximum absolute atomic E-state index is 12.2. The fourth-order valence-corrected chi connectivity index (χ4v) is 4.37. The highest BCUT2D eigenvalue weighted by Gasteiger charge is 2.35. The second kappa shape index (κ2) is 16.7. The number of amides is 2. The van der Waals surface area contributed by atoms with Crippen LogP contribution in [0.15, 0.2) is 11.6 Å². The lowest BCUT2D eigenvalue weighted by Crippen LogP contribution is -2.40. The Labute approximate surface area is 180 Å². The van der Waals surface area contributed by atoms with Crippen LogP contribution in [-0.4, -0.2) is 22.8 Å². The number of unbranched alkanes of at least 4 members (excludes halogenated alkanes) is 13. The van der Waals surface area contributed by atoms with Crippen molar-refractivity contribution in [2.75, 3.05) is 0 Å². The molecule has 2 amide bonds. The van der Waals surface area contributed by atoms with Crippen LogP contribution in [-0.2, 0) is 9.59 Å². The SMILES string of the molecule is CCCC=C(C)C(CCCCCCCCCCCCCCC)N1C(=O)CCC1=O. The van der Waals surface area contributed by atoms with Crippen molar-refractivity contribution in [2.45, 2.75) is 142 Å². The van der Waals surface area contributed by atoms with Crippen molar-refractivity contribution in [2.24, 2.45) is 0 Å². The van der Waals surface area contributed by atoms with Crippen LogP contribution >= 0.6 is 0 Å². The first kappa shape index (κ1) is 25.9. The van der Waals surface area contributed by atoms with Crippen LogP contribution in [0.2, 0.25) is 0 Å². The van der Waals surface area contributed by atoms with E-state index in [4.69, 9.17) is 0 Å². The number of rotatable bonds is 18. The molecule has 29 heavy (non-hydrogen) atoms. The predicted molar refractivity (Wildman–Crippen MR) is 124 cm³/mol. The van der Waals surface area contributed by atoms with Crippen LogP contribution in [0.4, 0.5) is 0 Å². The summed E-state index contributed by atoms with van der Waals surface area (Å²) in [6.07, 6.45) is 23.5. The van der Waals surface area contributed by atoms with Gasteiger partial charge in [-0.1, -0.05) is 115 Å². The largest absolute Gasteiger partial charge is 0.275 e. The average Bonchev–Trinajstić information content (AvgIpc) is 3.04. The summed E-state index contributed by atoms with van der Waals surface area (Å²) in [5.74, 6) is 0.0536. The van der Waals surface area contributed by atoms with Crippen LogP contribution in [0.25, 0.3) is 0 Å². The van der Waals surface area contributed by atoms with Gasteiger partial charge in [0.05, 0.1) is 6.04 Å². The zero-order valence-corrected chi connectivity index (χ0v) is 19.6. The van der Waals surface area contributed by atoms with Gasteiger partial charge in [0.1, 0.15) is 0 Å². The summed E-state index contributed by atoms with van der Waals surface area (Å²) in [6, 6.07) is -0.00300. The zero-order valence-electron chi connectivity index (χ0n) is 19.6. The fourth-order valence-electron chi connectivity index (χ4n) is 4.37. The first-order chi connectivity index (χ1) is 14.1. The van der Waals surface area contributed by atoms with Crippen molar-refractivity contribution in [3.63, 3.8) is 0 Å². The van der Waals surface area contributed by atoms with Gasteiger partial charge in [-0.25, -0.2) is 0 Å². The second-order valence-electron chi connectivity index (χ2n) is 8.94. The normalized spacial score (nSPS) is 16.1. The quantitative estimate of drug-likeness (QED) is 0.133. The molecule has 1 atom stereocenters. The van der Waals surface area contributed by atoms with Crippen LogP contribution in [0.5, 0.6) is 0 Å².